The van der Waals surface area contributed by atoms with E-state index in [0.717, 1.165) is 25.9 Å². The van der Waals surface area contributed by atoms with Crippen LogP contribution in [0.2, 0.25) is 0 Å². The van der Waals surface area contributed by atoms with Gasteiger partial charge in [-0.2, -0.15) is 4.98 Å². The monoisotopic (exact) mass is 281 g/mol. The summed E-state index contributed by atoms with van der Waals surface area (Å²) in [4.78, 5) is 20.7. The van der Waals surface area contributed by atoms with E-state index in [1.165, 1.54) is 6.20 Å². The maximum Gasteiger partial charge on any atom is 0.329 e. The van der Waals surface area contributed by atoms with Gasteiger partial charge in [-0.15, -0.1) is 0 Å². The number of hydrogen-bond acceptors (Lipinski definition) is 6. The van der Waals surface area contributed by atoms with Gasteiger partial charge in [0.15, 0.2) is 0 Å². The summed E-state index contributed by atoms with van der Waals surface area (Å²) in [7, 11) is 1.82. The molecule has 0 spiro atoms. The zero-order chi connectivity index (χ0) is 15.1. The van der Waals surface area contributed by atoms with Gasteiger partial charge in [0.1, 0.15) is 6.20 Å². The van der Waals surface area contributed by atoms with Crippen molar-refractivity contribution in [2.24, 2.45) is 5.92 Å². The second-order valence-corrected chi connectivity index (χ2v) is 5.19. The molecule has 0 atom stereocenters. The van der Waals surface area contributed by atoms with Gasteiger partial charge < -0.3 is 10.2 Å². The van der Waals surface area contributed by atoms with Crippen LogP contribution in [-0.4, -0.2) is 35.0 Å². The van der Waals surface area contributed by atoms with Gasteiger partial charge in [0, 0.05) is 20.1 Å². The highest BCUT2D eigenvalue weighted by Crippen LogP contribution is 2.25. The molecule has 1 heterocycles. The Morgan fingerprint density at radius 1 is 1.50 bits per heavy atom. The molecule has 1 aromatic rings. The van der Waals surface area contributed by atoms with Gasteiger partial charge in [-0.3, -0.25) is 10.1 Å². The second-order valence-electron chi connectivity index (χ2n) is 5.19. The molecule has 0 saturated carbocycles. The molecule has 0 saturated heterocycles. The Hall–Kier alpha value is -1.92. The molecule has 0 fully saturated rings. The van der Waals surface area contributed by atoms with Gasteiger partial charge in [-0.25, -0.2) is 4.98 Å². The van der Waals surface area contributed by atoms with Crippen LogP contribution in [0.1, 0.15) is 33.6 Å². The van der Waals surface area contributed by atoms with Crippen LogP contribution < -0.4 is 10.2 Å². The molecular weight excluding hydrogens is 258 g/mol. The summed E-state index contributed by atoms with van der Waals surface area (Å²) >= 11 is 0. The largest absolute Gasteiger partial charge is 0.354 e. The molecule has 0 unspecified atom stereocenters. The van der Waals surface area contributed by atoms with Crippen LogP contribution in [-0.2, 0) is 0 Å². The molecule has 0 aromatic carbocycles. The highest BCUT2D eigenvalue weighted by Gasteiger charge is 2.20. The van der Waals surface area contributed by atoms with Crippen molar-refractivity contribution in [3.8, 4) is 0 Å². The lowest BCUT2D eigenvalue weighted by molar-refractivity contribution is -0.384. The van der Waals surface area contributed by atoms with E-state index in [2.05, 4.69) is 29.1 Å². The Labute approximate surface area is 119 Å². The molecule has 112 valence electrons. The predicted octanol–water partition coefficient (Wildman–Crippen LogP) is 2.69. The average Bonchev–Trinajstić information content (AvgIpc) is 2.41. The SMILES string of the molecule is CCCNc1ncc([N+](=O)[O-])c(N(C)CCC(C)C)n1. The lowest BCUT2D eigenvalue weighted by atomic mass is 10.1. The van der Waals surface area contributed by atoms with Crippen molar-refractivity contribution in [3.05, 3.63) is 16.3 Å². The van der Waals surface area contributed by atoms with Crippen LogP contribution in [0.5, 0.6) is 0 Å². The molecule has 0 aliphatic rings. The lowest BCUT2D eigenvalue weighted by Crippen LogP contribution is -2.23. The molecule has 0 aliphatic carbocycles. The van der Waals surface area contributed by atoms with E-state index in [0.29, 0.717) is 17.7 Å². The Bertz CT molecular complexity index is 450. The minimum Gasteiger partial charge on any atom is -0.354 e. The third kappa shape index (κ3) is 4.64. The zero-order valence-electron chi connectivity index (χ0n) is 12.6. The van der Waals surface area contributed by atoms with E-state index in [1.54, 1.807) is 0 Å². The molecule has 20 heavy (non-hydrogen) atoms. The molecule has 1 rings (SSSR count). The Morgan fingerprint density at radius 2 is 2.20 bits per heavy atom. The van der Waals surface area contributed by atoms with Gasteiger partial charge in [-0.05, 0) is 18.8 Å². The Morgan fingerprint density at radius 3 is 2.75 bits per heavy atom. The minimum absolute atomic E-state index is 0.0571. The van der Waals surface area contributed by atoms with E-state index < -0.39 is 4.92 Å². The molecule has 0 aliphatic heterocycles. The number of anilines is 2. The maximum absolute atomic E-state index is 11.1. The molecule has 7 heteroatoms. The van der Waals surface area contributed by atoms with Gasteiger partial charge in [0.25, 0.3) is 0 Å². The quantitative estimate of drug-likeness (QED) is 0.582. The van der Waals surface area contributed by atoms with Gasteiger partial charge in [0.2, 0.25) is 11.8 Å². The molecule has 0 amide bonds. The summed E-state index contributed by atoms with van der Waals surface area (Å²) in [6, 6.07) is 0. The van der Waals surface area contributed by atoms with Crippen molar-refractivity contribution in [2.75, 3.05) is 30.4 Å². The summed E-state index contributed by atoms with van der Waals surface area (Å²) in [5.74, 6) is 1.34. The first kappa shape index (κ1) is 16.1. The smallest absolute Gasteiger partial charge is 0.329 e. The van der Waals surface area contributed by atoms with E-state index in [9.17, 15) is 10.1 Å². The van der Waals surface area contributed by atoms with Crippen LogP contribution in [0.4, 0.5) is 17.5 Å². The molecular formula is C13H23N5O2. The summed E-state index contributed by atoms with van der Waals surface area (Å²) in [5, 5.41) is 14.1. The standard InChI is InChI=1S/C13H23N5O2/c1-5-7-14-13-15-9-11(18(19)20)12(16-13)17(4)8-6-10(2)3/h9-10H,5-8H2,1-4H3,(H,14,15,16). The van der Waals surface area contributed by atoms with E-state index >= 15 is 0 Å². The fraction of sp³-hybridized carbons (Fsp3) is 0.692. The van der Waals surface area contributed by atoms with E-state index in [-0.39, 0.29) is 5.69 Å². The molecule has 0 radical (unpaired) electrons. The van der Waals surface area contributed by atoms with Crippen LogP contribution in [0.3, 0.4) is 0 Å². The first-order valence-corrected chi connectivity index (χ1v) is 6.92. The molecule has 0 bridgehead atoms. The van der Waals surface area contributed by atoms with Crippen molar-refractivity contribution in [1.29, 1.82) is 0 Å². The van der Waals surface area contributed by atoms with Crippen molar-refractivity contribution in [1.82, 2.24) is 9.97 Å². The number of hydrogen-bond donors (Lipinski definition) is 1. The van der Waals surface area contributed by atoms with Crippen molar-refractivity contribution >= 4 is 17.5 Å². The van der Waals surface area contributed by atoms with Crippen molar-refractivity contribution < 1.29 is 4.92 Å². The van der Waals surface area contributed by atoms with Crippen LogP contribution in [0, 0.1) is 16.0 Å². The Balaban J connectivity index is 2.95. The third-order valence-electron chi connectivity index (χ3n) is 2.88. The third-order valence-corrected chi connectivity index (χ3v) is 2.88. The maximum atomic E-state index is 11.1. The number of rotatable bonds is 8. The summed E-state index contributed by atoms with van der Waals surface area (Å²) in [6.45, 7) is 7.75. The topological polar surface area (TPSA) is 84.2 Å². The van der Waals surface area contributed by atoms with Gasteiger partial charge in [-0.1, -0.05) is 20.8 Å². The fourth-order valence-electron chi connectivity index (χ4n) is 1.66. The number of nitro groups is 1. The second kappa shape index (κ2) is 7.62. The van der Waals surface area contributed by atoms with Gasteiger partial charge >= 0.3 is 5.69 Å². The normalized spacial score (nSPS) is 10.7. The lowest BCUT2D eigenvalue weighted by Gasteiger charge is -2.19. The Kier molecular flexibility index (Phi) is 6.14. The highest BCUT2D eigenvalue weighted by molar-refractivity contribution is 5.58. The number of nitrogens with one attached hydrogen (secondary N) is 1. The highest BCUT2D eigenvalue weighted by atomic mass is 16.6. The average molecular weight is 281 g/mol. The van der Waals surface area contributed by atoms with Crippen LogP contribution in [0.15, 0.2) is 6.20 Å². The minimum atomic E-state index is -0.440. The first-order chi connectivity index (χ1) is 9.45. The fourth-order valence-corrected chi connectivity index (χ4v) is 1.66. The van der Waals surface area contributed by atoms with Crippen molar-refractivity contribution in [2.45, 2.75) is 33.6 Å². The summed E-state index contributed by atoms with van der Waals surface area (Å²) in [6.07, 6.45) is 3.17. The molecule has 7 nitrogen and oxygen atoms in total. The summed E-state index contributed by atoms with van der Waals surface area (Å²) in [5.41, 5.74) is -0.0571. The van der Waals surface area contributed by atoms with Crippen LogP contribution >= 0.6 is 0 Å². The van der Waals surface area contributed by atoms with Crippen LogP contribution in [0.25, 0.3) is 0 Å². The predicted molar refractivity (Wildman–Crippen MR) is 80.2 cm³/mol. The van der Waals surface area contributed by atoms with E-state index in [4.69, 9.17) is 0 Å². The molecule has 1 aromatic heterocycles. The van der Waals surface area contributed by atoms with Gasteiger partial charge in [0.05, 0.1) is 4.92 Å². The number of nitrogens with zero attached hydrogens (tertiary/aromatic N) is 4. The van der Waals surface area contributed by atoms with Crippen molar-refractivity contribution in [3.63, 3.8) is 0 Å². The zero-order valence-corrected chi connectivity index (χ0v) is 12.6. The van der Waals surface area contributed by atoms with E-state index in [1.807, 2.05) is 18.9 Å². The summed E-state index contributed by atoms with van der Waals surface area (Å²) < 4.78 is 0. The first-order valence-electron chi connectivity index (χ1n) is 6.92. The number of aromatic nitrogens is 2. The molecule has 1 N–H and O–H groups in total.